The molecule has 5 rings (SSSR count). The number of hydrogen-bond donors (Lipinski definition) is 2. The van der Waals surface area contributed by atoms with Gasteiger partial charge in [0.2, 0.25) is 0 Å². The van der Waals surface area contributed by atoms with Crippen LogP contribution in [0.5, 0.6) is 0 Å². The third-order valence-corrected chi connectivity index (χ3v) is 5.72. The number of para-hydroxylation sites is 1. The highest BCUT2D eigenvalue weighted by Gasteiger charge is 2.55. The zero-order valence-electron chi connectivity index (χ0n) is 15.5. The van der Waals surface area contributed by atoms with Gasteiger partial charge in [-0.25, -0.2) is 4.39 Å². The van der Waals surface area contributed by atoms with Crippen LogP contribution in [0.2, 0.25) is 0 Å². The van der Waals surface area contributed by atoms with Crippen molar-refractivity contribution in [3.05, 3.63) is 65.1 Å². The number of aromatic nitrogens is 1. The fourth-order valence-electron chi connectivity index (χ4n) is 4.68. The molecule has 0 unspecified atom stereocenters. The molecular weight excluding hydrogens is 341 g/mol. The monoisotopic (exact) mass is 363 g/mol. The fraction of sp³-hybridized carbons (Fsp3) is 0.318. The molecule has 1 aromatic heterocycles. The normalized spacial score (nSPS) is 21.3. The quantitative estimate of drug-likeness (QED) is 0.729. The van der Waals surface area contributed by atoms with Crippen LogP contribution in [0.15, 0.2) is 42.5 Å². The molecule has 2 N–H and O–H groups in total. The molecule has 5 heteroatoms. The van der Waals surface area contributed by atoms with E-state index in [9.17, 15) is 9.18 Å². The van der Waals surface area contributed by atoms with Crippen molar-refractivity contribution in [1.29, 1.82) is 0 Å². The topological polar surface area (TPSA) is 48.1 Å². The number of amides is 1. The van der Waals surface area contributed by atoms with Gasteiger partial charge >= 0.3 is 0 Å². The standard InChI is InChI=1S/C22H22FN3O/c1-13(2)12-26-19-6-4-3-5-17(19)22(21(26)27)20-15(9-10-24-22)16-11-14(23)7-8-18(16)25-20/h3-8,11,13,24-25H,9-10,12H2,1-2H3/t22-/m1/s1. The van der Waals surface area contributed by atoms with Crippen LogP contribution >= 0.6 is 0 Å². The van der Waals surface area contributed by atoms with Gasteiger partial charge in [0.15, 0.2) is 5.54 Å². The molecule has 0 aliphatic carbocycles. The van der Waals surface area contributed by atoms with Gasteiger partial charge in [-0.3, -0.25) is 10.1 Å². The van der Waals surface area contributed by atoms with E-state index in [4.69, 9.17) is 0 Å². The van der Waals surface area contributed by atoms with Crippen molar-refractivity contribution in [3.63, 3.8) is 0 Å². The summed E-state index contributed by atoms with van der Waals surface area (Å²) in [5.74, 6) is 0.152. The average molecular weight is 363 g/mol. The molecule has 4 nitrogen and oxygen atoms in total. The summed E-state index contributed by atoms with van der Waals surface area (Å²) in [5, 5.41) is 4.39. The third kappa shape index (κ3) is 2.15. The summed E-state index contributed by atoms with van der Waals surface area (Å²) >= 11 is 0. The van der Waals surface area contributed by atoms with Gasteiger partial charge in [-0.1, -0.05) is 32.0 Å². The summed E-state index contributed by atoms with van der Waals surface area (Å²) < 4.78 is 13.9. The van der Waals surface area contributed by atoms with E-state index in [2.05, 4.69) is 24.1 Å². The predicted octanol–water partition coefficient (Wildman–Crippen LogP) is 3.70. The number of hydrogen-bond acceptors (Lipinski definition) is 2. The van der Waals surface area contributed by atoms with E-state index in [1.807, 2.05) is 29.2 Å². The molecule has 27 heavy (non-hydrogen) atoms. The highest BCUT2D eigenvalue weighted by Crippen LogP contribution is 2.48. The van der Waals surface area contributed by atoms with E-state index in [-0.39, 0.29) is 11.7 Å². The Bertz CT molecular complexity index is 1070. The molecule has 0 bridgehead atoms. The molecule has 1 spiro atoms. The van der Waals surface area contributed by atoms with Gasteiger partial charge < -0.3 is 9.88 Å². The zero-order chi connectivity index (χ0) is 18.8. The van der Waals surface area contributed by atoms with Gasteiger partial charge in [0.25, 0.3) is 5.91 Å². The van der Waals surface area contributed by atoms with Crippen LogP contribution in [0.3, 0.4) is 0 Å². The molecule has 1 atom stereocenters. The van der Waals surface area contributed by atoms with E-state index < -0.39 is 5.54 Å². The smallest absolute Gasteiger partial charge is 0.258 e. The molecule has 2 aliphatic heterocycles. The van der Waals surface area contributed by atoms with Crippen LogP contribution in [0.4, 0.5) is 10.1 Å². The Morgan fingerprint density at radius 3 is 2.85 bits per heavy atom. The van der Waals surface area contributed by atoms with Crippen LogP contribution in [0, 0.1) is 11.7 Å². The maximum Gasteiger partial charge on any atom is 0.258 e. The van der Waals surface area contributed by atoms with Crippen LogP contribution in [0.1, 0.15) is 30.7 Å². The van der Waals surface area contributed by atoms with E-state index in [1.165, 1.54) is 6.07 Å². The Morgan fingerprint density at radius 2 is 2.04 bits per heavy atom. The number of carbonyl (C=O) groups is 1. The van der Waals surface area contributed by atoms with Crippen LogP contribution in [-0.4, -0.2) is 24.0 Å². The van der Waals surface area contributed by atoms with Gasteiger partial charge in [0.1, 0.15) is 5.82 Å². The second-order valence-corrected chi connectivity index (χ2v) is 7.92. The number of H-pyrrole nitrogens is 1. The number of anilines is 1. The van der Waals surface area contributed by atoms with Crippen molar-refractivity contribution in [2.24, 2.45) is 5.92 Å². The first kappa shape index (κ1) is 16.5. The van der Waals surface area contributed by atoms with Crippen LogP contribution in [0.25, 0.3) is 10.9 Å². The number of fused-ring (bicyclic) bond motifs is 6. The number of nitrogens with one attached hydrogen (secondary N) is 2. The summed E-state index contributed by atoms with van der Waals surface area (Å²) in [5.41, 5.74) is 3.78. The maximum absolute atomic E-state index is 13.9. The number of aromatic amines is 1. The second kappa shape index (κ2) is 5.67. The van der Waals surface area contributed by atoms with Crippen molar-refractivity contribution in [2.45, 2.75) is 25.8 Å². The minimum atomic E-state index is -0.922. The third-order valence-electron chi connectivity index (χ3n) is 5.72. The Hall–Kier alpha value is -2.66. The predicted molar refractivity (Wildman–Crippen MR) is 104 cm³/mol. The largest absolute Gasteiger partial charge is 0.356 e. The van der Waals surface area contributed by atoms with Gasteiger partial charge in [0, 0.05) is 35.2 Å². The molecule has 138 valence electrons. The van der Waals surface area contributed by atoms with Gasteiger partial charge in [-0.2, -0.15) is 0 Å². The summed E-state index contributed by atoms with van der Waals surface area (Å²) in [4.78, 5) is 19.1. The lowest BCUT2D eigenvalue weighted by Gasteiger charge is -2.34. The number of benzene rings is 2. The Kier molecular flexibility index (Phi) is 3.46. The molecular formula is C22H22FN3O. The second-order valence-electron chi connectivity index (χ2n) is 7.92. The van der Waals surface area contributed by atoms with E-state index in [0.29, 0.717) is 19.0 Å². The fourth-order valence-corrected chi connectivity index (χ4v) is 4.68. The lowest BCUT2D eigenvalue weighted by Crippen LogP contribution is -2.55. The summed E-state index contributed by atoms with van der Waals surface area (Å²) in [6.45, 7) is 5.58. The van der Waals surface area contributed by atoms with Crippen LogP contribution in [-0.2, 0) is 16.8 Å². The Labute approximate surface area is 157 Å². The minimum Gasteiger partial charge on any atom is -0.356 e. The Morgan fingerprint density at radius 1 is 1.22 bits per heavy atom. The van der Waals surface area contributed by atoms with E-state index in [1.54, 1.807) is 12.1 Å². The minimum absolute atomic E-state index is 0.0466. The molecule has 3 aromatic rings. The summed E-state index contributed by atoms with van der Waals surface area (Å²) in [7, 11) is 0. The number of rotatable bonds is 2. The highest BCUT2D eigenvalue weighted by molar-refractivity contribution is 6.11. The Balaban J connectivity index is 1.79. The lowest BCUT2D eigenvalue weighted by atomic mass is 9.82. The molecule has 0 fully saturated rings. The van der Waals surface area contributed by atoms with Crippen molar-refractivity contribution in [1.82, 2.24) is 10.3 Å². The van der Waals surface area contributed by atoms with Crippen LogP contribution < -0.4 is 10.2 Å². The molecule has 0 saturated heterocycles. The average Bonchev–Trinajstić information content (AvgIpc) is 3.13. The van der Waals surface area contributed by atoms with E-state index in [0.717, 1.165) is 39.8 Å². The molecule has 1 amide bonds. The van der Waals surface area contributed by atoms with Gasteiger partial charge in [0.05, 0.1) is 5.69 Å². The maximum atomic E-state index is 13.9. The van der Waals surface area contributed by atoms with Gasteiger partial charge in [-0.15, -0.1) is 0 Å². The van der Waals surface area contributed by atoms with Crippen molar-refractivity contribution in [2.75, 3.05) is 18.0 Å². The first-order valence-corrected chi connectivity index (χ1v) is 9.49. The van der Waals surface area contributed by atoms with Crippen molar-refractivity contribution in [3.8, 4) is 0 Å². The van der Waals surface area contributed by atoms with Gasteiger partial charge in [-0.05, 0) is 42.2 Å². The molecule has 2 aliphatic rings. The lowest BCUT2D eigenvalue weighted by molar-refractivity contribution is -0.123. The number of carbonyl (C=O) groups excluding carboxylic acids is 1. The first-order valence-electron chi connectivity index (χ1n) is 9.49. The van der Waals surface area contributed by atoms with E-state index >= 15 is 0 Å². The summed E-state index contributed by atoms with van der Waals surface area (Å²) in [6.07, 6.45) is 0.764. The number of nitrogens with zero attached hydrogens (tertiary/aromatic N) is 1. The highest BCUT2D eigenvalue weighted by atomic mass is 19.1. The zero-order valence-corrected chi connectivity index (χ0v) is 15.5. The SMILES string of the molecule is CC(C)CN1C(=O)[C@@]2(NCCc3c2[nH]c2ccc(F)cc32)c2ccccc21. The first-order chi connectivity index (χ1) is 13.0. The molecule has 0 radical (unpaired) electrons. The summed E-state index contributed by atoms with van der Waals surface area (Å²) in [6, 6.07) is 12.8. The number of halogens is 1. The molecule has 2 aromatic carbocycles. The molecule has 3 heterocycles. The van der Waals surface area contributed by atoms with Crippen molar-refractivity contribution >= 4 is 22.5 Å². The molecule has 0 saturated carbocycles. The van der Waals surface area contributed by atoms with Crippen molar-refractivity contribution < 1.29 is 9.18 Å².